The van der Waals surface area contributed by atoms with E-state index in [0.29, 0.717) is 11.0 Å². The van der Waals surface area contributed by atoms with E-state index in [2.05, 4.69) is 15.3 Å². The number of thioether (sulfide) groups is 1. The third kappa shape index (κ3) is 4.68. The van der Waals surface area contributed by atoms with Crippen molar-refractivity contribution in [3.05, 3.63) is 47.3 Å². The van der Waals surface area contributed by atoms with Gasteiger partial charge in [-0.1, -0.05) is 42.1 Å². The molecule has 0 saturated carbocycles. The van der Waals surface area contributed by atoms with Crippen LogP contribution in [-0.2, 0) is 16.1 Å². The fourth-order valence-corrected chi connectivity index (χ4v) is 3.44. The van der Waals surface area contributed by atoms with Crippen molar-refractivity contribution in [3.63, 3.8) is 0 Å². The smallest absolute Gasteiger partial charge is 0.414 e. The highest BCUT2D eigenvalue weighted by atomic mass is 32.2. The summed E-state index contributed by atoms with van der Waals surface area (Å²) in [6.07, 6.45) is -0.788. The minimum atomic E-state index is -0.788. The number of anilines is 1. The molecule has 0 aliphatic carbocycles. The molecule has 3 rings (SSSR count). The molecule has 3 aromatic rings. The maximum absolute atomic E-state index is 11.8. The molecule has 0 unspecified atom stereocenters. The molecular formula is C16H14N4O3S2. The van der Waals surface area contributed by atoms with Crippen LogP contribution in [0.2, 0.25) is 0 Å². The Morgan fingerprint density at radius 1 is 1.20 bits per heavy atom. The van der Waals surface area contributed by atoms with Crippen LogP contribution in [0.15, 0.2) is 46.9 Å². The zero-order valence-electron chi connectivity index (χ0n) is 13.0. The van der Waals surface area contributed by atoms with Gasteiger partial charge >= 0.3 is 6.09 Å². The number of benzene rings is 1. The highest BCUT2D eigenvalue weighted by Gasteiger charge is 2.12. The van der Waals surface area contributed by atoms with Gasteiger partial charge in [0.1, 0.15) is 17.3 Å². The van der Waals surface area contributed by atoms with Crippen LogP contribution >= 0.6 is 23.1 Å². The quantitative estimate of drug-likeness (QED) is 0.522. The molecule has 0 atom stereocenters. The number of ether oxygens (including phenoxy) is 1. The minimum absolute atomic E-state index is 0.0171. The molecule has 9 heteroatoms. The number of rotatable bonds is 5. The number of nitrogens with zero attached hydrogens (tertiary/aromatic N) is 2. The van der Waals surface area contributed by atoms with Crippen LogP contribution in [0.4, 0.5) is 10.6 Å². The summed E-state index contributed by atoms with van der Waals surface area (Å²) in [5.74, 6) is -0.135. The molecule has 0 fully saturated rings. The Balaban J connectivity index is 1.47. The van der Waals surface area contributed by atoms with Crippen LogP contribution in [0.1, 0.15) is 5.56 Å². The lowest BCUT2D eigenvalue weighted by atomic mass is 10.2. The van der Waals surface area contributed by atoms with E-state index in [4.69, 9.17) is 10.5 Å². The fourth-order valence-electron chi connectivity index (χ4n) is 1.96. The Kier molecular flexibility index (Phi) is 5.46. The number of fused-ring (bicyclic) bond motifs is 1. The van der Waals surface area contributed by atoms with E-state index < -0.39 is 12.0 Å². The molecule has 25 heavy (non-hydrogen) atoms. The summed E-state index contributed by atoms with van der Waals surface area (Å²) in [6.45, 7) is 0.0990. The Morgan fingerprint density at radius 3 is 2.80 bits per heavy atom. The second kappa shape index (κ2) is 7.95. The topological polar surface area (TPSA) is 107 Å². The van der Waals surface area contributed by atoms with Gasteiger partial charge in [-0.15, -0.1) is 11.3 Å². The number of hydrogen-bond donors (Lipinski definition) is 2. The first-order valence-electron chi connectivity index (χ1n) is 7.26. The average molecular weight is 374 g/mol. The molecule has 0 aliphatic rings. The Morgan fingerprint density at radius 2 is 2.00 bits per heavy atom. The number of carbonyl (C=O) groups is 2. The lowest BCUT2D eigenvalue weighted by Gasteiger charge is -2.06. The number of aromatic nitrogens is 2. The van der Waals surface area contributed by atoms with Crippen LogP contribution in [0, 0.1) is 0 Å². The number of nitrogens with two attached hydrogens (primary N) is 1. The van der Waals surface area contributed by atoms with E-state index in [0.717, 1.165) is 27.5 Å². The molecule has 0 radical (unpaired) electrons. The Bertz CT molecular complexity index is 899. The van der Waals surface area contributed by atoms with E-state index in [9.17, 15) is 9.59 Å². The van der Waals surface area contributed by atoms with Gasteiger partial charge in [0.05, 0.1) is 11.1 Å². The summed E-state index contributed by atoms with van der Waals surface area (Å²) in [5.41, 5.74) is 6.69. The summed E-state index contributed by atoms with van der Waals surface area (Å²) in [7, 11) is 0. The molecule has 7 nitrogen and oxygen atoms in total. The number of thiophene rings is 1. The predicted molar refractivity (Wildman–Crippen MR) is 97.3 cm³/mol. The zero-order valence-corrected chi connectivity index (χ0v) is 14.6. The van der Waals surface area contributed by atoms with Crippen molar-refractivity contribution in [1.29, 1.82) is 0 Å². The van der Waals surface area contributed by atoms with Gasteiger partial charge in [0.25, 0.3) is 0 Å². The molecule has 0 saturated heterocycles. The molecule has 0 bridgehead atoms. The number of carbonyl (C=O) groups excluding carboxylic acids is 2. The first-order chi connectivity index (χ1) is 12.1. The Labute approximate surface area is 151 Å². The number of nitrogen functional groups attached to an aromatic ring is 1. The van der Waals surface area contributed by atoms with Gasteiger partial charge in [0.2, 0.25) is 5.91 Å². The first-order valence-corrected chi connectivity index (χ1v) is 9.12. The van der Waals surface area contributed by atoms with Gasteiger partial charge in [-0.3, -0.25) is 10.1 Å². The minimum Gasteiger partial charge on any atom is -0.444 e. The highest BCUT2D eigenvalue weighted by molar-refractivity contribution is 7.99. The molecule has 128 valence electrons. The van der Waals surface area contributed by atoms with Crippen molar-refractivity contribution in [3.8, 4) is 0 Å². The molecule has 0 spiro atoms. The highest BCUT2D eigenvalue weighted by Crippen LogP contribution is 2.26. The van der Waals surface area contributed by atoms with Crippen molar-refractivity contribution < 1.29 is 14.3 Å². The van der Waals surface area contributed by atoms with Crippen LogP contribution < -0.4 is 11.1 Å². The summed E-state index contributed by atoms with van der Waals surface area (Å²) < 4.78 is 4.99. The summed E-state index contributed by atoms with van der Waals surface area (Å²) in [6, 6.07) is 11.1. The number of imide groups is 1. The second-order valence-corrected chi connectivity index (χ2v) is 6.77. The molecular weight excluding hydrogens is 360 g/mol. The van der Waals surface area contributed by atoms with Gasteiger partial charge in [-0.2, -0.15) is 0 Å². The zero-order chi connectivity index (χ0) is 17.6. The van der Waals surface area contributed by atoms with Crippen LogP contribution in [-0.4, -0.2) is 27.7 Å². The molecule has 0 aliphatic heterocycles. The van der Waals surface area contributed by atoms with Crippen LogP contribution in [0.3, 0.4) is 0 Å². The SMILES string of the molecule is Nc1nc(SCC(=O)NC(=O)OCc2ccccc2)nc2sccc12. The van der Waals surface area contributed by atoms with Gasteiger partial charge in [0, 0.05) is 0 Å². The third-order valence-electron chi connectivity index (χ3n) is 3.12. The lowest BCUT2D eigenvalue weighted by Crippen LogP contribution is -2.32. The maximum atomic E-state index is 11.8. The standard InChI is InChI=1S/C16H14N4O3S2/c17-13-11-6-7-24-14(11)20-15(19-13)25-9-12(21)18-16(22)23-8-10-4-2-1-3-5-10/h1-7H,8-9H2,(H2,17,19,20)(H,18,21,22). The van der Waals surface area contributed by atoms with Gasteiger partial charge in [-0.25, -0.2) is 14.8 Å². The molecule has 2 aromatic heterocycles. The van der Waals surface area contributed by atoms with Crippen molar-refractivity contribution >= 4 is 51.1 Å². The fraction of sp³-hybridized carbons (Fsp3) is 0.125. The summed E-state index contributed by atoms with van der Waals surface area (Å²) in [5, 5.41) is 5.22. The van der Waals surface area contributed by atoms with E-state index in [1.54, 1.807) is 0 Å². The first kappa shape index (κ1) is 17.2. The average Bonchev–Trinajstić information content (AvgIpc) is 3.08. The van der Waals surface area contributed by atoms with Crippen LogP contribution in [0.5, 0.6) is 0 Å². The number of hydrogen-bond acceptors (Lipinski definition) is 8. The molecule has 1 aromatic carbocycles. The van der Waals surface area contributed by atoms with Crippen molar-refractivity contribution in [2.45, 2.75) is 11.8 Å². The second-order valence-electron chi connectivity index (χ2n) is 4.93. The van der Waals surface area contributed by atoms with E-state index >= 15 is 0 Å². The van der Waals surface area contributed by atoms with E-state index in [1.807, 2.05) is 41.8 Å². The normalized spacial score (nSPS) is 10.6. The van der Waals surface area contributed by atoms with Crippen LogP contribution in [0.25, 0.3) is 10.2 Å². The summed E-state index contributed by atoms with van der Waals surface area (Å²) in [4.78, 5) is 32.7. The maximum Gasteiger partial charge on any atom is 0.414 e. The largest absolute Gasteiger partial charge is 0.444 e. The third-order valence-corrected chi connectivity index (χ3v) is 4.77. The van der Waals surface area contributed by atoms with Crippen molar-refractivity contribution in [1.82, 2.24) is 15.3 Å². The number of amides is 2. The van der Waals surface area contributed by atoms with Crippen molar-refractivity contribution in [2.24, 2.45) is 0 Å². The summed E-state index contributed by atoms with van der Waals surface area (Å²) >= 11 is 2.55. The van der Waals surface area contributed by atoms with Gasteiger partial charge in [-0.05, 0) is 17.0 Å². The van der Waals surface area contributed by atoms with E-state index in [1.165, 1.54) is 11.3 Å². The van der Waals surface area contributed by atoms with E-state index in [-0.39, 0.29) is 12.4 Å². The predicted octanol–water partition coefficient (Wildman–Crippen LogP) is 2.82. The molecule has 2 heterocycles. The monoisotopic (exact) mass is 374 g/mol. The van der Waals surface area contributed by atoms with Crippen molar-refractivity contribution in [2.75, 3.05) is 11.5 Å². The number of nitrogens with one attached hydrogen (secondary N) is 1. The number of alkyl carbamates (subject to hydrolysis) is 1. The lowest BCUT2D eigenvalue weighted by molar-refractivity contribution is -0.117. The Hall–Kier alpha value is -2.65. The van der Waals surface area contributed by atoms with Gasteiger partial charge in [0.15, 0.2) is 5.16 Å². The van der Waals surface area contributed by atoms with Gasteiger partial charge < -0.3 is 10.5 Å². The molecule has 2 amide bonds. The molecule has 3 N–H and O–H groups in total.